The van der Waals surface area contributed by atoms with Gasteiger partial charge in [-0.05, 0) is 224 Å². The topological polar surface area (TPSA) is 53.5 Å². The summed E-state index contributed by atoms with van der Waals surface area (Å²) in [6.07, 6.45) is 19.3. The smallest absolute Gasteiger partial charge is 0.119 e. The second-order valence-corrected chi connectivity index (χ2v) is 27.7. The third-order valence-corrected chi connectivity index (χ3v) is 18.4. The molecule has 8 nitrogen and oxygen atoms in total. The molecule has 3 aromatic rings. The first kappa shape index (κ1) is 68.3. The molecular formula is C69H121N5O3. The Kier molecular flexibility index (Phi) is 29.9. The highest BCUT2D eigenvalue weighted by Gasteiger charge is 2.34. The van der Waals surface area contributed by atoms with Crippen molar-refractivity contribution < 1.29 is 14.2 Å². The minimum Gasteiger partial charge on any atom is -0.497 e. The van der Waals surface area contributed by atoms with Gasteiger partial charge in [-0.3, -0.25) is 14.8 Å². The number of rotatable bonds is 14. The monoisotopic (exact) mass is 1070 g/mol. The number of methoxy groups -OCH3 is 3. The van der Waals surface area contributed by atoms with Crippen molar-refractivity contribution in [1.82, 2.24) is 24.6 Å². The van der Waals surface area contributed by atoms with Crippen LogP contribution in [0.5, 0.6) is 11.5 Å². The Labute approximate surface area is 476 Å². The van der Waals surface area contributed by atoms with Crippen LogP contribution in [0.4, 0.5) is 0 Å². The van der Waals surface area contributed by atoms with Crippen LogP contribution in [0.3, 0.4) is 0 Å². The van der Waals surface area contributed by atoms with Crippen molar-refractivity contribution in [1.29, 1.82) is 0 Å². The van der Waals surface area contributed by atoms with E-state index >= 15 is 0 Å². The number of aromatic nitrogens is 1. The fourth-order valence-corrected chi connectivity index (χ4v) is 12.4. The Bertz CT molecular complexity index is 1950. The van der Waals surface area contributed by atoms with E-state index in [0.717, 1.165) is 67.3 Å². The lowest BCUT2D eigenvalue weighted by Crippen LogP contribution is -2.39. The summed E-state index contributed by atoms with van der Waals surface area (Å²) in [5.74, 6) is 5.47. The molecule has 1 unspecified atom stereocenters. The van der Waals surface area contributed by atoms with Crippen molar-refractivity contribution in [3.63, 3.8) is 0 Å². The highest BCUT2D eigenvalue weighted by Crippen LogP contribution is 2.41. The summed E-state index contributed by atoms with van der Waals surface area (Å²) in [5.41, 5.74) is 5.84. The Morgan fingerprint density at radius 2 is 0.974 bits per heavy atom. The predicted octanol–water partition coefficient (Wildman–Crippen LogP) is 16.8. The van der Waals surface area contributed by atoms with Gasteiger partial charge in [-0.15, -0.1) is 0 Å². The lowest BCUT2D eigenvalue weighted by molar-refractivity contribution is 0.0863. The molecule has 2 aliphatic carbocycles. The van der Waals surface area contributed by atoms with E-state index in [4.69, 9.17) is 14.2 Å². The third-order valence-electron chi connectivity index (χ3n) is 18.4. The zero-order chi connectivity index (χ0) is 57.4. The van der Waals surface area contributed by atoms with Gasteiger partial charge in [-0.25, -0.2) is 0 Å². The van der Waals surface area contributed by atoms with E-state index in [2.05, 4.69) is 183 Å². The largest absolute Gasteiger partial charge is 0.497 e. The first-order chi connectivity index (χ1) is 36.3. The third kappa shape index (κ3) is 24.7. The maximum atomic E-state index is 5.28. The van der Waals surface area contributed by atoms with Gasteiger partial charge in [0.2, 0.25) is 0 Å². The Morgan fingerprint density at radius 3 is 1.40 bits per heavy atom. The number of benzene rings is 2. The van der Waals surface area contributed by atoms with E-state index in [-0.39, 0.29) is 0 Å². The van der Waals surface area contributed by atoms with Crippen LogP contribution in [-0.4, -0.2) is 118 Å². The fourth-order valence-electron chi connectivity index (χ4n) is 12.4. The predicted molar refractivity (Wildman–Crippen MR) is 332 cm³/mol. The molecule has 440 valence electrons. The zero-order valence-corrected chi connectivity index (χ0v) is 53.8. The van der Waals surface area contributed by atoms with Gasteiger partial charge in [0.05, 0.1) is 26.5 Å². The van der Waals surface area contributed by atoms with Crippen molar-refractivity contribution in [2.45, 2.75) is 212 Å². The number of pyridine rings is 1. The van der Waals surface area contributed by atoms with Crippen molar-refractivity contribution in [3.05, 3.63) is 89.7 Å². The van der Waals surface area contributed by atoms with Gasteiger partial charge in [-0.1, -0.05) is 127 Å². The highest BCUT2D eigenvalue weighted by molar-refractivity contribution is 5.29. The van der Waals surface area contributed by atoms with Crippen LogP contribution in [-0.2, 0) is 17.7 Å². The molecule has 1 atom stereocenters. The molecule has 2 saturated heterocycles. The maximum absolute atomic E-state index is 5.28. The molecule has 1 aromatic heterocycles. The number of hydrogen-bond acceptors (Lipinski definition) is 8. The Hall–Kier alpha value is -3.01. The number of ether oxygens (including phenoxy) is 3. The zero-order valence-electron chi connectivity index (χ0n) is 53.8. The Morgan fingerprint density at radius 1 is 0.519 bits per heavy atom. The standard InChI is InChI=1S/C19H31NO.C18H30N2.C18H29NO.C12H25NO.C2H6/c1-19(2,3)16-8-10-17(11-9-16)20(4)14-15-6-12-18(21-5)13-7-15;1-14(17-8-6-7-13-19-17)20(5)16-11-9-15(10-12-16)18(2,3)4;1-18(2,3)16-9-12-19(13-10-16)11-8-15-6-5-7-17(14-15)20-4;1-12(2,3)11-5-7-13(8-6-11)9-10-14-4;1-2/h6-7,12-13,16-17H,8-11,14H2,1-5H3;6-8,13-16H,9-12H2,1-5H3;5-7,14,16H,8-13H2,1-4H3;11H,5-10H2,1-4H3;1-2H3. The summed E-state index contributed by atoms with van der Waals surface area (Å²) in [5, 5.41) is 0. The molecule has 7 rings (SSSR count). The molecule has 2 saturated carbocycles. The summed E-state index contributed by atoms with van der Waals surface area (Å²) in [6, 6.07) is 25.0. The molecule has 0 N–H and O–H groups in total. The normalized spacial score (nSPS) is 21.7. The number of piperidine rings is 2. The molecule has 77 heavy (non-hydrogen) atoms. The maximum Gasteiger partial charge on any atom is 0.119 e. The summed E-state index contributed by atoms with van der Waals surface area (Å²) in [7, 11) is 9.76. The van der Waals surface area contributed by atoms with Crippen molar-refractivity contribution in [2.24, 2.45) is 45.3 Å². The molecule has 0 radical (unpaired) electrons. The fraction of sp³-hybridized carbons (Fsp3) is 0.754. The molecule has 4 aliphatic rings. The summed E-state index contributed by atoms with van der Waals surface area (Å²) in [6.45, 7) is 44.0. The van der Waals surface area contributed by atoms with Gasteiger partial charge in [0.15, 0.2) is 0 Å². The minimum absolute atomic E-state index is 0.410. The van der Waals surface area contributed by atoms with Gasteiger partial charge in [0.1, 0.15) is 11.5 Å². The van der Waals surface area contributed by atoms with E-state index in [1.54, 1.807) is 21.3 Å². The van der Waals surface area contributed by atoms with Gasteiger partial charge in [-0.2, -0.15) is 0 Å². The first-order valence-corrected chi connectivity index (χ1v) is 30.8. The van der Waals surface area contributed by atoms with Crippen LogP contribution in [0.1, 0.15) is 204 Å². The molecule has 3 heterocycles. The molecule has 4 fully saturated rings. The SMILES string of the molecule is CC.CC(c1ccccn1)N(C)C1CCC(C(C)(C)C)CC1.COCCN1CCC(C(C)(C)C)CC1.COc1ccc(CN(C)C2CCC(C(C)(C)C)CC2)cc1.COc1cccc(CCN2CCC(C(C)(C)C)CC2)c1. The lowest BCUT2D eigenvalue weighted by atomic mass is 9.71. The molecule has 0 amide bonds. The second kappa shape index (κ2) is 33.7. The van der Waals surface area contributed by atoms with Gasteiger partial charge in [0, 0.05) is 51.1 Å². The average molecular weight is 1070 g/mol. The van der Waals surface area contributed by atoms with Crippen LogP contribution < -0.4 is 9.47 Å². The van der Waals surface area contributed by atoms with Crippen LogP contribution >= 0.6 is 0 Å². The van der Waals surface area contributed by atoms with Crippen LogP contribution in [0.15, 0.2) is 72.9 Å². The van der Waals surface area contributed by atoms with Gasteiger partial charge < -0.3 is 24.0 Å². The average Bonchev–Trinajstić information content (AvgIpc) is 3.42. The number of likely N-dealkylation sites (tertiary alicyclic amines) is 2. The Balaban J connectivity index is 0.000000270. The molecule has 2 aromatic carbocycles. The van der Waals surface area contributed by atoms with Gasteiger partial charge in [0.25, 0.3) is 0 Å². The van der Waals surface area contributed by atoms with Crippen LogP contribution in [0.25, 0.3) is 0 Å². The van der Waals surface area contributed by atoms with Gasteiger partial charge >= 0.3 is 0 Å². The first-order valence-electron chi connectivity index (χ1n) is 30.8. The summed E-state index contributed by atoms with van der Waals surface area (Å²) < 4.78 is 15.6. The molecule has 0 spiro atoms. The number of hydrogen-bond donors (Lipinski definition) is 0. The van der Waals surface area contributed by atoms with E-state index in [1.807, 2.05) is 32.2 Å². The molecule has 8 heteroatoms. The van der Waals surface area contributed by atoms with Crippen molar-refractivity contribution in [2.75, 3.05) is 81.3 Å². The number of nitrogens with zero attached hydrogens (tertiary/aromatic N) is 5. The van der Waals surface area contributed by atoms with Crippen molar-refractivity contribution >= 4 is 0 Å². The molecular weight excluding hydrogens is 947 g/mol. The van der Waals surface area contributed by atoms with Crippen LogP contribution in [0.2, 0.25) is 0 Å². The molecule has 0 bridgehead atoms. The quantitative estimate of drug-likeness (QED) is 0.158. The van der Waals surface area contributed by atoms with E-state index in [0.29, 0.717) is 33.7 Å². The highest BCUT2D eigenvalue weighted by atomic mass is 16.5. The van der Waals surface area contributed by atoms with E-state index in [9.17, 15) is 0 Å². The lowest BCUT2D eigenvalue weighted by Gasteiger charge is -2.41. The van der Waals surface area contributed by atoms with Crippen molar-refractivity contribution in [3.8, 4) is 11.5 Å². The summed E-state index contributed by atoms with van der Waals surface area (Å²) in [4.78, 5) is 14.7. The minimum atomic E-state index is 0.410. The second-order valence-electron chi connectivity index (χ2n) is 27.7. The molecule has 2 aliphatic heterocycles. The van der Waals surface area contributed by atoms with E-state index < -0.39 is 0 Å². The van der Waals surface area contributed by atoms with Crippen LogP contribution in [0, 0.1) is 45.3 Å². The summed E-state index contributed by atoms with van der Waals surface area (Å²) >= 11 is 0. The van der Waals surface area contributed by atoms with E-state index in [1.165, 1.54) is 127 Å².